The van der Waals surface area contributed by atoms with Crippen molar-refractivity contribution in [2.45, 2.75) is 57.7 Å². The number of ether oxygens (including phenoxy) is 1. The van der Waals surface area contributed by atoms with Crippen LogP contribution in [0.25, 0.3) is 33.9 Å². The summed E-state index contributed by atoms with van der Waals surface area (Å²) >= 11 is 0. The number of aromatic nitrogens is 6. The standard InChI is InChI=1S/C27H32N8.C9H9NO2.C2H6O.C2H4O/c1-3-35-13-5-7-24(35)27-31-17-22(33-27)20-14-28-25(29-15-20)19-10-8-18(9-11-19)21-16-30-26(32-21)23-6-4-12-34(23)2;11-6-9(10-7-12)8-4-2-1-3-5-8;1-3-2;1-2-3/h8-11,14-17,23-24H,3-7,12-13H2,1-2H3,(H,30,32)(H,31,33);1-7,9H,(H,10,12);1-2H3;2H,1H3/t23-,24-;9-;;/m00../s1. The highest BCUT2D eigenvalue weighted by molar-refractivity contribution is 5.67. The van der Waals surface area contributed by atoms with Crippen LogP contribution in [0.2, 0.25) is 0 Å². The van der Waals surface area contributed by atoms with Crippen molar-refractivity contribution < 1.29 is 19.1 Å². The second kappa shape index (κ2) is 21.2. The van der Waals surface area contributed by atoms with Gasteiger partial charge >= 0.3 is 0 Å². The summed E-state index contributed by atoms with van der Waals surface area (Å²) in [5.41, 5.74) is 5.86. The summed E-state index contributed by atoms with van der Waals surface area (Å²) in [5.74, 6) is 2.81. The summed E-state index contributed by atoms with van der Waals surface area (Å²) in [7, 11) is 5.42. The van der Waals surface area contributed by atoms with Crippen molar-refractivity contribution in [2.24, 2.45) is 0 Å². The number of methoxy groups -OCH3 is 1. The Balaban J connectivity index is 0.000000291. The molecule has 2 aliphatic heterocycles. The fourth-order valence-electron chi connectivity index (χ4n) is 6.44. The molecule has 2 saturated heterocycles. The van der Waals surface area contributed by atoms with Crippen LogP contribution in [0, 0.1) is 0 Å². The third-order valence-electron chi connectivity index (χ3n) is 9.07. The number of carbonyl (C=O) groups excluding carboxylic acids is 3. The first-order chi connectivity index (χ1) is 25.9. The van der Waals surface area contributed by atoms with Crippen LogP contribution in [-0.2, 0) is 19.1 Å². The maximum Gasteiger partial charge on any atom is 0.207 e. The molecule has 5 aromatic rings. The van der Waals surface area contributed by atoms with Gasteiger partial charge in [0.1, 0.15) is 30.3 Å². The molecule has 53 heavy (non-hydrogen) atoms. The topological polar surface area (TPSA) is 162 Å². The van der Waals surface area contributed by atoms with Crippen LogP contribution in [-0.4, -0.2) is 99.6 Å². The number of amides is 1. The lowest BCUT2D eigenvalue weighted by Gasteiger charge is -2.20. The fourth-order valence-corrected chi connectivity index (χ4v) is 6.44. The molecule has 3 N–H and O–H groups in total. The Hall–Kier alpha value is -5.37. The molecule has 0 bridgehead atoms. The summed E-state index contributed by atoms with van der Waals surface area (Å²) in [6.45, 7) is 6.99. The number of likely N-dealkylation sites (tertiary alicyclic amines) is 2. The van der Waals surface area contributed by atoms with Crippen LogP contribution in [0.1, 0.15) is 74.9 Å². The molecular formula is C40H51N9O4. The number of nitrogens with zero attached hydrogens (tertiary/aromatic N) is 6. The molecule has 3 aromatic heterocycles. The average Bonchev–Trinajstić information content (AvgIpc) is 4.03. The molecule has 0 spiro atoms. The fraction of sp³-hybridized carbons (Fsp3) is 0.375. The van der Waals surface area contributed by atoms with Crippen LogP contribution in [0.5, 0.6) is 0 Å². The van der Waals surface area contributed by atoms with Gasteiger partial charge in [-0.1, -0.05) is 61.5 Å². The van der Waals surface area contributed by atoms with Gasteiger partial charge in [0.2, 0.25) is 6.41 Å². The zero-order valence-electron chi connectivity index (χ0n) is 31.2. The molecule has 280 valence electrons. The normalized spacial score (nSPS) is 17.2. The predicted molar refractivity (Wildman–Crippen MR) is 206 cm³/mol. The van der Waals surface area contributed by atoms with Gasteiger partial charge in [0.25, 0.3) is 0 Å². The number of hydrogen-bond donors (Lipinski definition) is 3. The lowest BCUT2D eigenvalue weighted by atomic mass is 10.1. The zero-order valence-corrected chi connectivity index (χ0v) is 31.2. The first-order valence-electron chi connectivity index (χ1n) is 17.9. The van der Waals surface area contributed by atoms with E-state index in [9.17, 15) is 9.59 Å². The van der Waals surface area contributed by atoms with Crippen molar-refractivity contribution in [3.8, 4) is 33.9 Å². The van der Waals surface area contributed by atoms with Crippen molar-refractivity contribution in [1.29, 1.82) is 0 Å². The smallest absolute Gasteiger partial charge is 0.207 e. The third-order valence-corrected chi connectivity index (χ3v) is 9.07. The highest BCUT2D eigenvalue weighted by Gasteiger charge is 2.27. The van der Waals surface area contributed by atoms with E-state index >= 15 is 0 Å². The second-order valence-corrected chi connectivity index (χ2v) is 12.6. The van der Waals surface area contributed by atoms with E-state index in [4.69, 9.17) is 4.79 Å². The summed E-state index contributed by atoms with van der Waals surface area (Å²) in [5, 5.41) is 2.40. The van der Waals surface area contributed by atoms with Gasteiger partial charge in [-0.25, -0.2) is 19.9 Å². The maximum absolute atomic E-state index is 10.5. The monoisotopic (exact) mass is 721 g/mol. The largest absolute Gasteiger partial charge is 0.388 e. The molecule has 3 atom stereocenters. The van der Waals surface area contributed by atoms with Crippen LogP contribution in [0.3, 0.4) is 0 Å². The van der Waals surface area contributed by atoms with E-state index in [-0.39, 0.29) is 0 Å². The molecule has 0 radical (unpaired) electrons. The predicted octanol–water partition coefficient (Wildman–Crippen LogP) is 5.99. The Kier molecular flexibility index (Phi) is 16.2. The number of imidazole rings is 2. The minimum Gasteiger partial charge on any atom is -0.388 e. The third kappa shape index (κ3) is 11.1. The number of aromatic amines is 2. The summed E-state index contributed by atoms with van der Waals surface area (Å²) in [4.78, 5) is 59.8. The Labute approximate surface area is 311 Å². The van der Waals surface area contributed by atoms with E-state index in [0.29, 0.717) is 30.6 Å². The van der Waals surface area contributed by atoms with Gasteiger partial charge in [-0.2, -0.15) is 0 Å². The Morgan fingerprint density at radius 1 is 0.792 bits per heavy atom. The van der Waals surface area contributed by atoms with E-state index in [2.05, 4.69) is 88.0 Å². The molecular weight excluding hydrogens is 670 g/mol. The number of rotatable bonds is 10. The lowest BCUT2D eigenvalue weighted by Crippen LogP contribution is -2.23. The van der Waals surface area contributed by atoms with Gasteiger partial charge in [-0.05, 0) is 70.4 Å². The van der Waals surface area contributed by atoms with Gasteiger partial charge in [-0.15, -0.1) is 0 Å². The van der Waals surface area contributed by atoms with E-state index < -0.39 is 6.04 Å². The number of benzene rings is 2. The number of hydrogen-bond acceptors (Lipinski definition) is 10. The first kappa shape index (κ1) is 40.4. The Morgan fingerprint density at radius 3 is 1.89 bits per heavy atom. The van der Waals surface area contributed by atoms with Crippen LogP contribution >= 0.6 is 0 Å². The molecule has 13 nitrogen and oxygen atoms in total. The highest BCUT2D eigenvalue weighted by atomic mass is 16.4. The second-order valence-electron chi connectivity index (χ2n) is 12.6. The van der Waals surface area contributed by atoms with Gasteiger partial charge < -0.3 is 29.6 Å². The van der Waals surface area contributed by atoms with E-state index in [1.165, 1.54) is 19.8 Å². The SMILES string of the molecule is CC=O.CCN1CCC[C@H]1c1ncc(-c2cnc(-c3ccc(-c4cnc([C@@H]5CCCN5C)[nH]4)cc3)nc2)[nH]1.COC.O=CN[C@@H](C=O)c1ccccc1. The quantitative estimate of drug-likeness (QED) is 0.146. The molecule has 2 aliphatic rings. The van der Waals surface area contributed by atoms with Gasteiger partial charge in [0.05, 0.1) is 35.9 Å². The molecule has 13 heteroatoms. The molecule has 7 rings (SSSR count). The van der Waals surface area contributed by atoms with Gasteiger partial charge in [0.15, 0.2) is 5.82 Å². The molecule has 0 aliphatic carbocycles. The molecule has 0 saturated carbocycles. The Bertz CT molecular complexity index is 1810. The maximum atomic E-state index is 10.5. The molecule has 1 amide bonds. The van der Waals surface area contributed by atoms with E-state index in [1.807, 2.05) is 43.0 Å². The summed E-state index contributed by atoms with van der Waals surface area (Å²) in [6, 6.07) is 17.7. The minimum atomic E-state index is -0.524. The number of aldehydes is 2. The summed E-state index contributed by atoms with van der Waals surface area (Å²) < 4.78 is 4.25. The van der Waals surface area contributed by atoms with Crippen molar-refractivity contribution >= 4 is 19.0 Å². The van der Waals surface area contributed by atoms with Crippen molar-refractivity contribution in [3.63, 3.8) is 0 Å². The molecule has 5 heterocycles. The van der Waals surface area contributed by atoms with Crippen LogP contribution < -0.4 is 5.32 Å². The number of carbonyl (C=O) groups is 3. The van der Waals surface area contributed by atoms with Crippen LogP contribution in [0.15, 0.2) is 79.4 Å². The zero-order chi connectivity index (χ0) is 38.0. The molecule has 2 fully saturated rings. The molecule has 2 aromatic carbocycles. The van der Waals surface area contributed by atoms with E-state index in [1.54, 1.807) is 26.4 Å². The number of nitrogens with one attached hydrogen (secondary N) is 3. The first-order valence-corrected chi connectivity index (χ1v) is 17.9. The van der Waals surface area contributed by atoms with Gasteiger partial charge in [0, 0.05) is 37.7 Å². The van der Waals surface area contributed by atoms with Crippen LogP contribution in [0.4, 0.5) is 0 Å². The van der Waals surface area contributed by atoms with Crippen molar-refractivity contribution in [3.05, 3.63) is 96.6 Å². The highest BCUT2D eigenvalue weighted by Crippen LogP contribution is 2.32. The van der Waals surface area contributed by atoms with Gasteiger partial charge in [-0.3, -0.25) is 14.6 Å². The van der Waals surface area contributed by atoms with Crippen molar-refractivity contribution in [2.75, 3.05) is 40.9 Å². The Morgan fingerprint density at radius 2 is 1.34 bits per heavy atom. The van der Waals surface area contributed by atoms with E-state index in [0.717, 1.165) is 84.1 Å². The summed E-state index contributed by atoms with van der Waals surface area (Å²) in [6.07, 6.45) is 14.3. The van der Waals surface area contributed by atoms with Crippen molar-refractivity contribution in [1.82, 2.24) is 45.0 Å². The lowest BCUT2D eigenvalue weighted by molar-refractivity contribution is -0.115. The molecule has 0 unspecified atom stereocenters. The number of H-pyrrole nitrogens is 2. The average molecular weight is 722 g/mol. The minimum absolute atomic E-state index is 0.387.